The lowest BCUT2D eigenvalue weighted by atomic mass is 10.1. The molecule has 3 aromatic rings. The average molecular weight is 321 g/mol. The maximum absolute atomic E-state index is 12.1. The minimum atomic E-state index is -0.484. The zero-order chi connectivity index (χ0) is 17.1. The second-order valence-corrected chi connectivity index (χ2v) is 5.76. The quantitative estimate of drug-likeness (QED) is 0.757. The number of hydrogen-bond donors (Lipinski definition) is 2. The number of carbonyl (C=O) groups excluding carboxylic acids is 2. The fourth-order valence-electron chi connectivity index (χ4n) is 2.74. The molecule has 0 atom stereocenters. The van der Waals surface area contributed by atoms with E-state index in [1.54, 1.807) is 24.3 Å². The largest absolute Gasteiger partial charge is 0.366 e. The number of nitrogens with zero attached hydrogens (tertiary/aromatic N) is 1. The molecule has 0 bridgehead atoms. The normalized spacial score (nSPS) is 10.7. The van der Waals surface area contributed by atoms with Gasteiger partial charge in [-0.3, -0.25) is 9.59 Å². The van der Waals surface area contributed by atoms with Gasteiger partial charge in [-0.25, -0.2) is 0 Å². The number of aromatic nitrogens is 1. The van der Waals surface area contributed by atoms with Gasteiger partial charge >= 0.3 is 0 Å². The van der Waals surface area contributed by atoms with E-state index in [1.807, 2.05) is 12.3 Å². The molecule has 0 saturated carbocycles. The van der Waals surface area contributed by atoms with Gasteiger partial charge in [0.1, 0.15) is 0 Å². The number of anilines is 1. The van der Waals surface area contributed by atoms with Crippen LogP contribution in [0.3, 0.4) is 0 Å². The molecule has 2 amide bonds. The number of carbonyl (C=O) groups is 2. The van der Waals surface area contributed by atoms with Crippen molar-refractivity contribution in [3.63, 3.8) is 0 Å². The van der Waals surface area contributed by atoms with E-state index < -0.39 is 5.91 Å². The lowest BCUT2D eigenvalue weighted by Gasteiger charge is -2.08. The maximum atomic E-state index is 12.1. The monoisotopic (exact) mass is 321 g/mol. The highest BCUT2D eigenvalue weighted by Crippen LogP contribution is 2.20. The number of amides is 2. The van der Waals surface area contributed by atoms with Crippen molar-refractivity contribution in [3.05, 3.63) is 65.9 Å². The van der Waals surface area contributed by atoms with Crippen LogP contribution in [0, 0.1) is 6.92 Å². The predicted molar refractivity (Wildman–Crippen MR) is 94.9 cm³/mol. The summed E-state index contributed by atoms with van der Waals surface area (Å²) in [6, 6.07) is 14.8. The second kappa shape index (κ2) is 6.58. The van der Waals surface area contributed by atoms with Crippen molar-refractivity contribution < 1.29 is 9.59 Å². The van der Waals surface area contributed by atoms with Crippen LogP contribution >= 0.6 is 0 Å². The Labute approximate surface area is 140 Å². The molecule has 0 spiro atoms. The Morgan fingerprint density at radius 1 is 1.08 bits per heavy atom. The number of nitrogens with one attached hydrogen (secondary N) is 1. The Kier molecular flexibility index (Phi) is 4.33. The molecule has 24 heavy (non-hydrogen) atoms. The van der Waals surface area contributed by atoms with Crippen LogP contribution in [0.4, 0.5) is 5.69 Å². The number of rotatable bonds is 5. The first-order chi connectivity index (χ1) is 11.5. The molecule has 0 aliphatic heterocycles. The van der Waals surface area contributed by atoms with E-state index in [2.05, 4.69) is 35.0 Å². The van der Waals surface area contributed by atoms with Gasteiger partial charge in [0.15, 0.2) is 0 Å². The summed E-state index contributed by atoms with van der Waals surface area (Å²) in [4.78, 5) is 23.1. The minimum Gasteiger partial charge on any atom is -0.366 e. The average Bonchev–Trinajstić information content (AvgIpc) is 2.98. The second-order valence-electron chi connectivity index (χ2n) is 5.76. The molecule has 5 nitrogen and oxygen atoms in total. The number of hydrogen-bond acceptors (Lipinski definition) is 2. The van der Waals surface area contributed by atoms with E-state index in [4.69, 9.17) is 5.73 Å². The van der Waals surface area contributed by atoms with Crippen LogP contribution in [0.2, 0.25) is 0 Å². The molecule has 0 aliphatic carbocycles. The number of fused-ring (bicyclic) bond motifs is 1. The first-order valence-electron chi connectivity index (χ1n) is 7.79. The van der Waals surface area contributed by atoms with Crippen molar-refractivity contribution >= 4 is 28.4 Å². The molecule has 2 aromatic carbocycles. The van der Waals surface area contributed by atoms with Gasteiger partial charge < -0.3 is 15.6 Å². The van der Waals surface area contributed by atoms with Crippen LogP contribution in [-0.4, -0.2) is 16.4 Å². The summed E-state index contributed by atoms with van der Waals surface area (Å²) in [7, 11) is 0. The topological polar surface area (TPSA) is 77.1 Å². The summed E-state index contributed by atoms with van der Waals surface area (Å²) in [5, 5.41) is 4.03. The smallest absolute Gasteiger partial charge is 0.248 e. The lowest BCUT2D eigenvalue weighted by Crippen LogP contribution is -2.15. The van der Waals surface area contributed by atoms with Gasteiger partial charge in [-0.05, 0) is 48.9 Å². The van der Waals surface area contributed by atoms with Crippen LogP contribution in [0.5, 0.6) is 0 Å². The molecular weight excluding hydrogens is 302 g/mol. The molecule has 5 heteroatoms. The summed E-state index contributed by atoms with van der Waals surface area (Å²) in [5.41, 5.74) is 8.62. The molecule has 0 aliphatic rings. The van der Waals surface area contributed by atoms with Gasteiger partial charge in [0, 0.05) is 41.3 Å². The minimum absolute atomic E-state index is 0.0728. The van der Waals surface area contributed by atoms with E-state index in [0.717, 1.165) is 5.52 Å². The number of nitrogens with two attached hydrogens (primary N) is 1. The van der Waals surface area contributed by atoms with Gasteiger partial charge in [0.05, 0.1) is 0 Å². The van der Waals surface area contributed by atoms with Crippen molar-refractivity contribution in [1.82, 2.24) is 4.57 Å². The highest BCUT2D eigenvalue weighted by molar-refractivity contribution is 5.94. The van der Waals surface area contributed by atoms with Crippen LogP contribution in [-0.2, 0) is 11.3 Å². The zero-order valence-corrected chi connectivity index (χ0v) is 13.5. The summed E-state index contributed by atoms with van der Waals surface area (Å²) in [6.45, 7) is 2.69. The highest BCUT2D eigenvalue weighted by Gasteiger charge is 2.07. The van der Waals surface area contributed by atoms with Gasteiger partial charge in [-0.15, -0.1) is 0 Å². The molecule has 3 rings (SSSR count). The zero-order valence-electron chi connectivity index (χ0n) is 13.5. The van der Waals surface area contributed by atoms with Crippen LogP contribution < -0.4 is 11.1 Å². The molecule has 1 heterocycles. The Morgan fingerprint density at radius 3 is 2.54 bits per heavy atom. The standard InChI is InChI=1S/C19H19N3O2/c1-13-3-2-4-17-16(13)9-11-22(17)12-10-18(23)21-15-7-5-14(6-8-15)19(20)24/h2-9,11H,10,12H2,1H3,(H2,20,24)(H,21,23). The van der Waals surface area contributed by atoms with Gasteiger partial charge in [0.2, 0.25) is 11.8 Å². The molecule has 122 valence electrons. The van der Waals surface area contributed by atoms with Crippen molar-refractivity contribution in [2.45, 2.75) is 19.9 Å². The molecule has 0 saturated heterocycles. The third-order valence-corrected chi connectivity index (χ3v) is 4.06. The van der Waals surface area contributed by atoms with E-state index in [1.165, 1.54) is 10.9 Å². The van der Waals surface area contributed by atoms with Crippen molar-refractivity contribution in [3.8, 4) is 0 Å². The summed E-state index contributed by atoms with van der Waals surface area (Å²) in [5.74, 6) is -0.556. The van der Waals surface area contributed by atoms with Crippen LogP contribution in [0.1, 0.15) is 22.3 Å². The van der Waals surface area contributed by atoms with Gasteiger partial charge in [-0.1, -0.05) is 12.1 Å². The Hall–Kier alpha value is -3.08. The van der Waals surface area contributed by atoms with E-state index in [0.29, 0.717) is 24.2 Å². The van der Waals surface area contributed by atoms with Crippen molar-refractivity contribution in [1.29, 1.82) is 0 Å². The van der Waals surface area contributed by atoms with Gasteiger partial charge in [0.25, 0.3) is 0 Å². The highest BCUT2D eigenvalue weighted by atomic mass is 16.2. The fraction of sp³-hybridized carbons (Fsp3) is 0.158. The number of benzene rings is 2. The molecule has 0 unspecified atom stereocenters. The van der Waals surface area contributed by atoms with Crippen LogP contribution in [0.25, 0.3) is 10.9 Å². The lowest BCUT2D eigenvalue weighted by molar-refractivity contribution is -0.116. The third-order valence-electron chi connectivity index (χ3n) is 4.06. The molecule has 0 radical (unpaired) electrons. The maximum Gasteiger partial charge on any atom is 0.248 e. The molecular formula is C19H19N3O2. The SMILES string of the molecule is Cc1cccc2c1ccn2CCC(=O)Nc1ccc(C(N)=O)cc1. The van der Waals surface area contributed by atoms with Crippen LogP contribution in [0.15, 0.2) is 54.7 Å². The first-order valence-corrected chi connectivity index (χ1v) is 7.79. The number of primary amides is 1. The Bertz CT molecular complexity index is 895. The fourth-order valence-corrected chi connectivity index (χ4v) is 2.74. The summed E-state index contributed by atoms with van der Waals surface area (Å²) >= 11 is 0. The van der Waals surface area contributed by atoms with Gasteiger partial charge in [-0.2, -0.15) is 0 Å². The Balaban J connectivity index is 1.62. The van der Waals surface area contributed by atoms with E-state index in [-0.39, 0.29) is 5.91 Å². The third kappa shape index (κ3) is 3.30. The number of aryl methyl sites for hydroxylation is 2. The van der Waals surface area contributed by atoms with E-state index >= 15 is 0 Å². The summed E-state index contributed by atoms with van der Waals surface area (Å²) < 4.78 is 2.08. The van der Waals surface area contributed by atoms with E-state index in [9.17, 15) is 9.59 Å². The first kappa shape index (κ1) is 15.8. The van der Waals surface area contributed by atoms with Crippen molar-refractivity contribution in [2.75, 3.05) is 5.32 Å². The molecule has 1 aromatic heterocycles. The molecule has 3 N–H and O–H groups in total. The Morgan fingerprint density at radius 2 is 1.83 bits per heavy atom. The van der Waals surface area contributed by atoms with Crippen molar-refractivity contribution in [2.24, 2.45) is 5.73 Å². The molecule has 0 fully saturated rings. The summed E-state index contributed by atoms with van der Waals surface area (Å²) in [6.07, 6.45) is 2.38. The predicted octanol–water partition coefficient (Wildman–Crippen LogP) is 3.08.